The summed E-state index contributed by atoms with van der Waals surface area (Å²) in [6.07, 6.45) is 6.57. The number of carbonyl (C=O) groups is 2. The molecular formula is C15H26N2O3. The second-order valence-electron chi connectivity index (χ2n) is 6.21. The number of rotatable bonds is 5. The van der Waals surface area contributed by atoms with Gasteiger partial charge in [0.2, 0.25) is 5.91 Å². The number of aliphatic carboxylic acids is 1. The number of carbonyl (C=O) groups excluding carboxylic acids is 1. The third kappa shape index (κ3) is 4.47. The van der Waals surface area contributed by atoms with Crippen molar-refractivity contribution in [1.29, 1.82) is 0 Å². The molecule has 3 N–H and O–H groups in total. The molecule has 2 rings (SSSR count). The first-order chi connectivity index (χ1) is 9.66. The van der Waals surface area contributed by atoms with Crippen molar-refractivity contribution in [1.82, 2.24) is 10.6 Å². The topological polar surface area (TPSA) is 78.4 Å². The van der Waals surface area contributed by atoms with Crippen molar-refractivity contribution in [2.75, 3.05) is 19.6 Å². The summed E-state index contributed by atoms with van der Waals surface area (Å²) >= 11 is 0. The number of hydrogen-bond acceptors (Lipinski definition) is 3. The van der Waals surface area contributed by atoms with E-state index in [1.165, 1.54) is 0 Å². The van der Waals surface area contributed by atoms with Crippen molar-refractivity contribution in [3.05, 3.63) is 0 Å². The van der Waals surface area contributed by atoms with Gasteiger partial charge < -0.3 is 15.7 Å². The average Bonchev–Trinajstić information content (AvgIpc) is 2.46. The summed E-state index contributed by atoms with van der Waals surface area (Å²) in [7, 11) is 0. The maximum Gasteiger partial charge on any atom is 0.306 e. The van der Waals surface area contributed by atoms with Crippen LogP contribution in [0, 0.1) is 17.8 Å². The molecule has 3 unspecified atom stereocenters. The van der Waals surface area contributed by atoms with Gasteiger partial charge in [0.25, 0.3) is 0 Å². The highest BCUT2D eigenvalue weighted by molar-refractivity contribution is 5.76. The number of amides is 1. The first kappa shape index (κ1) is 15.3. The minimum absolute atomic E-state index is 0.0772. The second kappa shape index (κ2) is 7.62. The van der Waals surface area contributed by atoms with Gasteiger partial charge in [0, 0.05) is 13.0 Å². The molecule has 1 amide bonds. The predicted octanol–water partition coefficient (Wildman–Crippen LogP) is 1.38. The monoisotopic (exact) mass is 282 g/mol. The molecule has 0 aromatic rings. The Kier molecular flexibility index (Phi) is 5.83. The normalized spacial score (nSPS) is 30.7. The van der Waals surface area contributed by atoms with Crippen molar-refractivity contribution in [3.8, 4) is 0 Å². The molecule has 2 fully saturated rings. The number of nitrogens with one attached hydrogen (secondary N) is 2. The molecule has 0 spiro atoms. The Labute approximate surface area is 120 Å². The molecule has 1 saturated carbocycles. The fraction of sp³-hybridized carbons (Fsp3) is 0.867. The van der Waals surface area contributed by atoms with Gasteiger partial charge in [-0.05, 0) is 50.6 Å². The third-order valence-electron chi connectivity index (χ3n) is 4.66. The lowest BCUT2D eigenvalue weighted by atomic mass is 9.79. The van der Waals surface area contributed by atoms with Crippen molar-refractivity contribution in [3.63, 3.8) is 0 Å². The summed E-state index contributed by atoms with van der Waals surface area (Å²) in [5.41, 5.74) is 0. The smallest absolute Gasteiger partial charge is 0.306 e. The zero-order valence-corrected chi connectivity index (χ0v) is 12.1. The molecule has 0 aromatic heterocycles. The lowest BCUT2D eigenvalue weighted by Crippen LogP contribution is -2.39. The van der Waals surface area contributed by atoms with E-state index in [0.29, 0.717) is 18.9 Å². The van der Waals surface area contributed by atoms with Gasteiger partial charge in [-0.3, -0.25) is 9.59 Å². The van der Waals surface area contributed by atoms with E-state index in [-0.39, 0.29) is 17.7 Å². The van der Waals surface area contributed by atoms with Crippen molar-refractivity contribution in [2.45, 2.75) is 44.9 Å². The second-order valence-corrected chi connectivity index (χ2v) is 6.21. The molecule has 1 heterocycles. The third-order valence-corrected chi connectivity index (χ3v) is 4.66. The Bertz CT molecular complexity index is 340. The van der Waals surface area contributed by atoms with Crippen LogP contribution in [0.1, 0.15) is 44.9 Å². The van der Waals surface area contributed by atoms with Crippen LogP contribution in [0.15, 0.2) is 0 Å². The molecule has 20 heavy (non-hydrogen) atoms. The van der Waals surface area contributed by atoms with Crippen molar-refractivity contribution >= 4 is 11.9 Å². The number of carboxylic acids is 1. The summed E-state index contributed by atoms with van der Waals surface area (Å²) in [4.78, 5) is 23.1. The summed E-state index contributed by atoms with van der Waals surface area (Å²) in [6.45, 7) is 2.50. The average molecular weight is 282 g/mol. The van der Waals surface area contributed by atoms with Gasteiger partial charge in [-0.2, -0.15) is 0 Å². The molecule has 1 aliphatic heterocycles. The van der Waals surface area contributed by atoms with Crippen LogP contribution in [-0.4, -0.2) is 36.6 Å². The largest absolute Gasteiger partial charge is 0.481 e. The standard InChI is InChI=1S/C15H26N2O3/c18-14(8-11-4-3-7-16-9-11)17-10-12-5-1-2-6-13(12)15(19)20/h11-13,16H,1-10H2,(H,17,18)(H,19,20). The number of carboxylic acid groups (broad SMARTS) is 1. The molecule has 0 aromatic carbocycles. The molecule has 1 saturated heterocycles. The highest BCUT2D eigenvalue weighted by Crippen LogP contribution is 2.29. The van der Waals surface area contributed by atoms with E-state index in [1.807, 2.05) is 0 Å². The van der Waals surface area contributed by atoms with Crippen molar-refractivity contribution < 1.29 is 14.7 Å². The Balaban J connectivity index is 1.72. The van der Waals surface area contributed by atoms with Crippen LogP contribution in [0.4, 0.5) is 0 Å². The predicted molar refractivity (Wildman–Crippen MR) is 76.3 cm³/mol. The van der Waals surface area contributed by atoms with Gasteiger partial charge in [-0.15, -0.1) is 0 Å². The first-order valence-electron chi connectivity index (χ1n) is 7.87. The summed E-state index contributed by atoms with van der Waals surface area (Å²) in [5.74, 6) is -0.366. The molecule has 0 bridgehead atoms. The van der Waals surface area contributed by atoms with E-state index >= 15 is 0 Å². The summed E-state index contributed by atoms with van der Waals surface area (Å²) in [6, 6.07) is 0. The van der Waals surface area contributed by atoms with E-state index in [9.17, 15) is 14.7 Å². The van der Waals surface area contributed by atoms with E-state index in [4.69, 9.17) is 0 Å². The summed E-state index contributed by atoms with van der Waals surface area (Å²) < 4.78 is 0. The van der Waals surface area contributed by atoms with E-state index in [0.717, 1.165) is 51.6 Å². The number of piperidine rings is 1. The van der Waals surface area contributed by atoms with Gasteiger partial charge in [0.15, 0.2) is 0 Å². The number of hydrogen-bond donors (Lipinski definition) is 3. The minimum atomic E-state index is -0.708. The molecule has 0 radical (unpaired) electrons. The maximum absolute atomic E-state index is 11.9. The van der Waals surface area contributed by atoms with Crippen molar-refractivity contribution in [2.24, 2.45) is 17.8 Å². The first-order valence-corrected chi connectivity index (χ1v) is 7.87. The quantitative estimate of drug-likeness (QED) is 0.712. The van der Waals surface area contributed by atoms with Gasteiger partial charge in [0.1, 0.15) is 0 Å². The Morgan fingerprint density at radius 2 is 1.95 bits per heavy atom. The molecule has 5 heteroatoms. The lowest BCUT2D eigenvalue weighted by Gasteiger charge is -2.29. The van der Waals surface area contributed by atoms with Crippen LogP contribution >= 0.6 is 0 Å². The van der Waals surface area contributed by atoms with E-state index < -0.39 is 5.97 Å². The molecule has 2 aliphatic rings. The molecule has 1 aliphatic carbocycles. The van der Waals surface area contributed by atoms with Gasteiger partial charge in [-0.1, -0.05) is 12.8 Å². The van der Waals surface area contributed by atoms with Crippen LogP contribution in [0.3, 0.4) is 0 Å². The molecule has 114 valence electrons. The highest BCUT2D eigenvalue weighted by atomic mass is 16.4. The fourth-order valence-corrected chi connectivity index (χ4v) is 3.45. The zero-order valence-electron chi connectivity index (χ0n) is 12.1. The van der Waals surface area contributed by atoms with Crippen LogP contribution in [-0.2, 0) is 9.59 Å². The van der Waals surface area contributed by atoms with Gasteiger partial charge >= 0.3 is 5.97 Å². The van der Waals surface area contributed by atoms with Gasteiger partial charge in [0.05, 0.1) is 5.92 Å². The van der Waals surface area contributed by atoms with Crippen LogP contribution in [0.5, 0.6) is 0 Å². The summed E-state index contributed by atoms with van der Waals surface area (Å²) in [5, 5.41) is 15.5. The van der Waals surface area contributed by atoms with Crippen LogP contribution < -0.4 is 10.6 Å². The highest BCUT2D eigenvalue weighted by Gasteiger charge is 2.30. The molecule has 3 atom stereocenters. The lowest BCUT2D eigenvalue weighted by molar-refractivity contribution is -0.145. The molecular weight excluding hydrogens is 256 g/mol. The SMILES string of the molecule is O=C(CC1CCCNC1)NCC1CCCCC1C(=O)O. The minimum Gasteiger partial charge on any atom is -0.481 e. The molecule has 5 nitrogen and oxygen atoms in total. The Hall–Kier alpha value is -1.10. The fourth-order valence-electron chi connectivity index (χ4n) is 3.45. The van der Waals surface area contributed by atoms with Gasteiger partial charge in [-0.25, -0.2) is 0 Å². The van der Waals surface area contributed by atoms with E-state index in [2.05, 4.69) is 10.6 Å². The Morgan fingerprint density at radius 1 is 1.15 bits per heavy atom. The van der Waals surface area contributed by atoms with Crippen LogP contribution in [0.25, 0.3) is 0 Å². The van der Waals surface area contributed by atoms with E-state index in [1.54, 1.807) is 0 Å². The maximum atomic E-state index is 11.9. The zero-order chi connectivity index (χ0) is 14.4. The Morgan fingerprint density at radius 3 is 2.65 bits per heavy atom. The van der Waals surface area contributed by atoms with Crippen LogP contribution in [0.2, 0.25) is 0 Å².